The summed E-state index contributed by atoms with van der Waals surface area (Å²) in [5.41, 5.74) is 2.14. The Kier molecular flexibility index (Phi) is 4.28. The van der Waals surface area contributed by atoms with Gasteiger partial charge in [0, 0.05) is 17.5 Å². The number of hydrogen-bond donors (Lipinski definition) is 0. The maximum atomic E-state index is 5.83. The molecule has 0 bridgehead atoms. The molecule has 0 saturated heterocycles. The Morgan fingerprint density at radius 3 is 2.61 bits per heavy atom. The Balaban J connectivity index is 1.91. The van der Waals surface area contributed by atoms with E-state index in [1.54, 1.807) is 12.1 Å². The van der Waals surface area contributed by atoms with Gasteiger partial charge in [-0.25, -0.2) is 0 Å². The van der Waals surface area contributed by atoms with Crippen molar-refractivity contribution in [1.29, 1.82) is 0 Å². The van der Waals surface area contributed by atoms with Gasteiger partial charge in [-0.05, 0) is 30.2 Å². The molecule has 0 amide bonds. The fraction of sp³-hybridized carbons (Fsp3) is 0.0625. The van der Waals surface area contributed by atoms with E-state index in [0.29, 0.717) is 17.2 Å². The predicted molar refractivity (Wildman–Crippen MR) is 74.5 cm³/mol. The first-order valence-corrected chi connectivity index (χ1v) is 5.93. The van der Waals surface area contributed by atoms with Gasteiger partial charge in [-0.1, -0.05) is 47.9 Å². The molecule has 0 aliphatic carbocycles. The van der Waals surface area contributed by atoms with Gasteiger partial charge in [-0.3, -0.25) is 0 Å². The van der Waals surface area contributed by atoms with Gasteiger partial charge < -0.3 is 4.74 Å². The first kappa shape index (κ1) is 12.5. The van der Waals surface area contributed by atoms with Gasteiger partial charge in [0.1, 0.15) is 11.9 Å². The van der Waals surface area contributed by atoms with Crippen molar-refractivity contribution in [2.45, 2.75) is 6.42 Å². The van der Waals surface area contributed by atoms with Crippen LogP contribution in [0.2, 0.25) is 5.02 Å². The molecule has 0 aliphatic rings. The summed E-state index contributed by atoms with van der Waals surface area (Å²) in [4.78, 5) is 0. The number of rotatable bonds is 2. The van der Waals surface area contributed by atoms with E-state index in [9.17, 15) is 0 Å². The van der Waals surface area contributed by atoms with Crippen LogP contribution in [0.25, 0.3) is 0 Å². The molecule has 0 heterocycles. The van der Waals surface area contributed by atoms with Crippen LogP contribution in [0.3, 0.4) is 0 Å². The second-order valence-electron chi connectivity index (χ2n) is 3.83. The third-order valence-electron chi connectivity index (χ3n) is 2.35. The summed E-state index contributed by atoms with van der Waals surface area (Å²) in [5.74, 6) is 3.61. The molecule has 2 aromatic carbocycles. The molecule has 0 unspecified atom stereocenters. The van der Waals surface area contributed by atoms with Crippen molar-refractivity contribution in [2.24, 2.45) is 0 Å². The zero-order chi connectivity index (χ0) is 12.8. The molecule has 18 heavy (non-hydrogen) atoms. The van der Waals surface area contributed by atoms with Crippen LogP contribution < -0.4 is 4.74 Å². The van der Waals surface area contributed by atoms with Crippen LogP contribution >= 0.6 is 11.6 Å². The van der Waals surface area contributed by atoms with Gasteiger partial charge in [-0.2, -0.15) is 0 Å². The number of benzene rings is 2. The van der Waals surface area contributed by atoms with E-state index in [2.05, 4.69) is 19.0 Å². The van der Waals surface area contributed by atoms with Crippen LogP contribution in [0.1, 0.15) is 11.1 Å². The molecule has 89 valence electrons. The van der Waals surface area contributed by atoms with Crippen LogP contribution in [0.4, 0.5) is 0 Å². The van der Waals surface area contributed by atoms with Crippen LogP contribution in [-0.4, -0.2) is 0 Å². The first-order valence-electron chi connectivity index (χ1n) is 5.55. The number of hydrogen-bond acceptors (Lipinski definition) is 1. The minimum Gasteiger partial charge on any atom is -0.408 e. The summed E-state index contributed by atoms with van der Waals surface area (Å²) >= 11 is 5.83. The van der Waals surface area contributed by atoms with Crippen molar-refractivity contribution in [1.82, 2.24) is 0 Å². The molecule has 2 heteroatoms. The number of ether oxygens (including phenoxy) is 1. The molecule has 2 aromatic rings. The highest BCUT2D eigenvalue weighted by atomic mass is 35.5. The summed E-state index contributed by atoms with van der Waals surface area (Å²) in [6, 6.07) is 15.1. The molecule has 0 fully saturated rings. The largest absolute Gasteiger partial charge is 0.408 e. The van der Waals surface area contributed by atoms with Gasteiger partial charge in [0.15, 0.2) is 0 Å². The Morgan fingerprint density at radius 1 is 1.11 bits per heavy atom. The van der Waals surface area contributed by atoms with Crippen molar-refractivity contribution in [3.8, 4) is 17.8 Å². The highest BCUT2D eigenvalue weighted by Crippen LogP contribution is 2.16. The van der Waals surface area contributed by atoms with Crippen molar-refractivity contribution in [3.63, 3.8) is 0 Å². The van der Waals surface area contributed by atoms with Crippen LogP contribution in [0, 0.1) is 19.0 Å². The SMILES string of the molecule is [CH2]c1ccc(CC#COc2cccc(Cl)c2)cc1. The average Bonchev–Trinajstić information content (AvgIpc) is 2.37. The minimum absolute atomic E-state index is 0.639. The zero-order valence-electron chi connectivity index (χ0n) is 9.82. The summed E-state index contributed by atoms with van der Waals surface area (Å²) in [6.45, 7) is 3.83. The maximum absolute atomic E-state index is 5.83. The fourth-order valence-electron chi connectivity index (χ4n) is 1.42. The van der Waals surface area contributed by atoms with Gasteiger partial charge in [-0.15, -0.1) is 0 Å². The lowest BCUT2D eigenvalue weighted by Gasteiger charge is -1.97. The second-order valence-corrected chi connectivity index (χ2v) is 4.27. The van der Waals surface area contributed by atoms with E-state index in [1.807, 2.05) is 36.4 Å². The lowest BCUT2D eigenvalue weighted by molar-refractivity contribution is 0.519. The van der Waals surface area contributed by atoms with E-state index in [0.717, 1.165) is 11.1 Å². The lowest BCUT2D eigenvalue weighted by Crippen LogP contribution is -1.85. The summed E-state index contributed by atoms with van der Waals surface area (Å²) in [7, 11) is 0. The highest BCUT2D eigenvalue weighted by molar-refractivity contribution is 6.30. The molecular weight excluding hydrogens is 244 g/mol. The van der Waals surface area contributed by atoms with Crippen molar-refractivity contribution < 1.29 is 4.74 Å². The third-order valence-corrected chi connectivity index (χ3v) is 2.59. The van der Waals surface area contributed by atoms with E-state index in [4.69, 9.17) is 16.3 Å². The summed E-state index contributed by atoms with van der Waals surface area (Å²) in [5, 5.41) is 0.639. The molecule has 0 N–H and O–H groups in total. The fourth-order valence-corrected chi connectivity index (χ4v) is 1.60. The van der Waals surface area contributed by atoms with Crippen LogP contribution in [-0.2, 0) is 6.42 Å². The summed E-state index contributed by atoms with van der Waals surface area (Å²) < 4.78 is 5.27. The standard InChI is InChI=1S/C16H12ClO/c1-13-7-9-14(10-8-13)4-3-11-18-16-6-2-5-15(17)12-16/h2,5-10,12H,1,4H2. The maximum Gasteiger partial charge on any atom is 0.141 e. The normalized spacial score (nSPS) is 9.44. The monoisotopic (exact) mass is 255 g/mol. The Hall–Kier alpha value is -1.91. The van der Waals surface area contributed by atoms with Crippen molar-refractivity contribution >= 4 is 11.6 Å². The van der Waals surface area contributed by atoms with Crippen LogP contribution in [0.15, 0.2) is 48.5 Å². The lowest BCUT2D eigenvalue weighted by atomic mass is 10.1. The Morgan fingerprint density at radius 2 is 1.89 bits per heavy atom. The third kappa shape index (κ3) is 3.84. The smallest absolute Gasteiger partial charge is 0.141 e. The van der Waals surface area contributed by atoms with Crippen molar-refractivity contribution in [3.05, 3.63) is 71.6 Å². The molecule has 2 rings (SSSR count). The Labute approximate surface area is 112 Å². The summed E-state index contributed by atoms with van der Waals surface area (Å²) in [6.07, 6.45) is 3.32. The van der Waals surface area contributed by atoms with E-state index in [-0.39, 0.29) is 0 Å². The highest BCUT2D eigenvalue weighted by Gasteiger charge is 1.92. The molecule has 1 nitrogen and oxygen atoms in total. The Bertz CT molecular complexity index is 576. The molecular formula is C16H12ClO. The van der Waals surface area contributed by atoms with Crippen molar-refractivity contribution in [2.75, 3.05) is 0 Å². The van der Waals surface area contributed by atoms with Gasteiger partial charge in [0.2, 0.25) is 0 Å². The van der Waals surface area contributed by atoms with Crippen LogP contribution in [0.5, 0.6) is 5.75 Å². The molecule has 0 saturated carbocycles. The zero-order valence-corrected chi connectivity index (χ0v) is 10.6. The molecule has 0 aromatic heterocycles. The predicted octanol–water partition coefficient (Wildman–Crippen LogP) is 4.10. The second kappa shape index (κ2) is 6.14. The van der Waals surface area contributed by atoms with Gasteiger partial charge >= 0.3 is 0 Å². The molecule has 0 aliphatic heterocycles. The van der Waals surface area contributed by atoms with E-state index < -0.39 is 0 Å². The van der Waals surface area contributed by atoms with Gasteiger partial charge in [0.25, 0.3) is 0 Å². The quantitative estimate of drug-likeness (QED) is 0.734. The topological polar surface area (TPSA) is 9.23 Å². The first-order chi connectivity index (χ1) is 8.74. The molecule has 0 spiro atoms. The number of halogens is 1. The molecule has 1 radical (unpaired) electrons. The van der Waals surface area contributed by atoms with E-state index in [1.165, 1.54) is 0 Å². The molecule has 0 atom stereocenters. The average molecular weight is 256 g/mol. The van der Waals surface area contributed by atoms with Gasteiger partial charge in [0.05, 0.1) is 0 Å². The minimum atomic E-state index is 0.639. The van der Waals surface area contributed by atoms with E-state index >= 15 is 0 Å².